The van der Waals surface area contributed by atoms with Gasteiger partial charge in [0.2, 0.25) is 0 Å². The van der Waals surface area contributed by atoms with E-state index >= 15 is 0 Å². The highest BCUT2D eigenvalue weighted by atomic mass is 35.5. The zero-order valence-electron chi connectivity index (χ0n) is 13.2. The molecule has 0 saturated heterocycles. The average Bonchev–Trinajstić information content (AvgIpc) is 3.03. The Morgan fingerprint density at radius 2 is 1.88 bits per heavy atom. The van der Waals surface area contributed by atoms with E-state index in [-0.39, 0.29) is 0 Å². The van der Waals surface area contributed by atoms with Gasteiger partial charge in [0.1, 0.15) is 10.6 Å². The Hall–Kier alpha value is -1.92. The summed E-state index contributed by atoms with van der Waals surface area (Å²) >= 11 is 19.7. The molecule has 0 fully saturated rings. The minimum Gasteiger partial charge on any atom is -0.365 e. The lowest BCUT2D eigenvalue weighted by molar-refractivity contribution is 1.11. The molecule has 0 atom stereocenters. The predicted molar refractivity (Wildman–Crippen MR) is 109 cm³/mol. The van der Waals surface area contributed by atoms with Crippen LogP contribution in [0.3, 0.4) is 0 Å². The lowest BCUT2D eigenvalue weighted by Gasteiger charge is -2.09. The quantitative estimate of drug-likeness (QED) is 0.418. The molecule has 0 aliphatic carbocycles. The van der Waals surface area contributed by atoms with Gasteiger partial charge in [-0.3, -0.25) is 4.98 Å². The summed E-state index contributed by atoms with van der Waals surface area (Å²) in [4.78, 5) is 14.2. The van der Waals surface area contributed by atoms with Crippen molar-refractivity contribution in [3.8, 4) is 11.4 Å². The van der Waals surface area contributed by atoms with E-state index in [1.807, 2.05) is 30.3 Å². The number of nitrogens with zero attached hydrogens (tertiary/aromatic N) is 3. The number of hydrogen-bond donors (Lipinski definition) is 1. The summed E-state index contributed by atoms with van der Waals surface area (Å²) in [5, 5.41) is 5.28. The highest BCUT2D eigenvalue weighted by molar-refractivity contribution is 7.22. The van der Waals surface area contributed by atoms with Crippen LogP contribution >= 0.6 is 46.1 Å². The van der Waals surface area contributed by atoms with Crippen molar-refractivity contribution in [2.75, 3.05) is 5.32 Å². The summed E-state index contributed by atoms with van der Waals surface area (Å²) in [5.74, 6) is 1.31. The smallest absolute Gasteiger partial charge is 0.164 e. The Labute approximate surface area is 168 Å². The molecule has 8 heteroatoms. The van der Waals surface area contributed by atoms with Gasteiger partial charge >= 0.3 is 0 Å². The molecule has 0 unspecified atom stereocenters. The second kappa shape index (κ2) is 7.37. The number of halogens is 3. The number of nitrogens with one attached hydrogen (secondary N) is 1. The molecule has 26 heavy (non-hydrogen) atoms. The van der Waals surface area contributed by atoms with E-state index in [0.29, 0.717) is 32.6 Å². The van der Waals surface area contributed by atoms with E-state index < -0.39 is 0 Å². The Bertz CT molecular complexity index is 1080. The SMILES string of the molecule is Clc1cc2c(NCc3ccc(Cl)c(Cl)c3)nc(-c3cccnc3)nc2s1. The van der Waals surface area contributed by atoms with Gasteiger partial charge in [0.25, 0.3) is 0 Å². The molecular weight excluding hydrogens is 411 g/mol. The molecule has 3 aromatic heterocycles. The zero-order valence-corrected chi connectivity index (χ0v) is 16.3. The van der Waals surface area contributed by atoms with Crippen LogP contribution in [0.5, 0.6) is 0 Å². The van der Waals surface area contributed by atoms with Gasteiger partial charge in [0, 0.05) is 24.5 Å². The lowest BCUT2D eigenvalue weighted by Crippen LogP contribution is -2.03. The van der Waals surface area contributed by atoms with Crippen LogP contribution in [-0.4, -0.2) is 15.0 Å². The van der Waals surface area contributed by atoms with Gasteiger partial charge in [-0.15, -0.1) is 11.3 Å². The molecule has 1 aromatic carbocycles. The first kappa shape index (κ1) is 17.5. The number of fused-ring (bicyclic) bond motifs is 1. The molecular formula is C18H11Cl3N4S. The monoisotopic (exact) mass is 420 g/mol. The van der Waals surface area contributed by atoms with Crippen LogP contribution in [-0.2, 0) is 6.54 Å². The van der Waals surface area contributed by atoms with E-state index in [2.05, 4.69) is 20.3 Å². The Kier molecular flexibility index (Phi) is 4.96. The van der Waals surface area contributed by atoms with Gasteiger partial charge in [-0.05, 0) is 35.9 Å². The van der Waals surface area contributed by atoms with E-state index in [4.69, 9.17) is 34.8 Å². The van der Waals surface area contributed by atoms with Gasteiger partial charge < -0.3 is 5.32 Å². The maximum atomic E-state index is 6.19. The number of benzene rings is 1. The summed E-state index contributed by atoms with van der Waals surface area (Å²) in [7, 11) is 0. The summed E-state index contributed by atoms with van der Waals surface area (Å²) in [5.41, 5.74) is 1.84. The van der Waals surface area contributed by atoms with Crippen molar-refractivity contribution in [3.05, 3.63) is 68.7 Å². The van der Waals surface area contributed by atoms with Gasteiger partial charge in [-0.1, -0.05) is 40.9 Å². The Morgan fingerprint density at radius 1 is 1.00 bits per heavy atom. The molecule has 4 aromatic rings. The molecule has 1 N–H and O–H groups in total. The maximum Gasteiger partial charge on any atom is 0.164 e. The first-order valence-corrected chi connectivity index (χ1v) is 9.60. The topological polar surface area (TPSA) is 50.7 Å². The minimum atomic E-state index is 0.522. The second-order valence-electron chi connectivity index (χ2n) is 5.51. The van der Waals surface area contributed by atoms with Crippen molar-refractivity contribution in [3.63, 3.8) is 0 Å². The standard InChI is InChI=1S/C18H11Cl3N4S/c19-13-4-3-10(6-14(13)20)8-23-17-12-7-15(21)26-18(12)25-16(24-17)11-2-1-5-22-9-11/h1-7,9H,8H2,(H,23,24,25). The van der Waals surface area contributed by atoms with Crippen molar-refractivity contribution < 1.29 is 0 Å². The van der Waals surface area contributed by atoms with Crippen LogP contribution in [0, 0.1) is 0 Å². The molecule has 130 valence electrons. The van der Waals surface area contributed by atoms with Crippen LogP contribution in [0.25, 0.3) is 21.6 Å². The van der Waals surface area contributed by atoms with Crippen LogP contribution < -0.4 is 5.32 Å². The number of thiophene rings is 1. The molecule has 0 aliphatic rings. The lowest BCUT2D eigenvalue weighted by atomic mass is 10.2. The van der Waals surface area contributed by atoms with Gasteiger partial charge in [-0.2, -0.15) is 0 Å². The largest absolute Gasteiger partial charge is 0.365 e. The molecule has 4 nitrogen and oxygen atoms in total. The van der Waals surface area contributed by atoms with E-state index in [1.165, 1.54) is 11.3 Å². The van der Waals surface area contributed by atoms with Crippen molar-refractivity contribution in [1.82, 2.24) is 15.0 Å². The van der Waals surface area contributed by atoms with Crippen molar-refractivity contribution >= 4 is 62.2 Å². The fraction of sp³-hybridized carbons (Fsp3) is 0.0556. The normalized spacial score (nSPS) is 11.0. The number of aromatic nitrogens is 3. The number of anilines is 1. The van der Waals surface area contributed by atoms with Crippen LogP contribution in [0.4, 0.5) is 5.82 Å². The first-order chi connectivity index (χ1) is 12.6. The van der Waals surface area contributed by atoms with Gasteiger partial charge in [0.15, 0.2) is 5.82 Å². The number of hydrogen-bond acceptors (Lipinski definition) is 5. The zero-order chi connectivity index (χ0) is 18.1. The third-order valence-electron chi connectivity index (χ3n) is 3.73. The summed E-state index contributed by atoms with van der Waals surface area (Å²) in [6.07, 6.45) is 3.45. The van der Waals surface area contributed by atoms with E-state index in [1.54, 1.807) is 18.5 Å². The van der Waals surface area contributed by atoms with Crippen molar-refractivity contribution in [1.29, 1.82) is 0 Å². The fourth-order valence-electron chi connectivity index (χ4n) is 2.49. The average molecular weight is 422 g/mol. The molecule has 0 radical (unpaired) electrons. The third-order valence-corrected chi connectivity index (χ3v) is 5.62. The van der Waals surface area contributed by atoms with E-state index in [9.17, 15) is 0 Å². The molecule has 3 heterocycles. The van der Waals surface area contributed by atoms with Crippen molar-refractivity contribution in [2.45, 2.75) is 6.54 Å². The molecule has 0 amide bonds. The van der Waals surface area contributed by atoms with Gasteiger partial charge in [-0.25, -0.2) is 9.97 Å². The first-order valence-electron chi connectivity index (χ1n) is 7.65. The Morgan fingerprint density at radius 3 is 2.65 bits per heavy atom. The molecule has 4 rings (SSSR count). The number of rotatable bonds is 4. The summed E-state index contributed by atoms with van der Waals surface area (Å²) in [6, 6.07) is 11.2. The second-order valence-corrected chi connectivity index (χ2v) is 7.99. The Balaban J connectivity index is 1.71. The highest BCUT2D eigenvalue weighted by Crippen LogP contribution is 2.34. The predicted octanol–water partition coefficient (Wildman–Crippen LogP) is 6.33. The highest BCUT2D eigenvalue weighted by Gasteiger charge is 2.13. The minimum absolute atomic E-state index is 0.522. The third kappa shape index (κ3) is 3.62. The summed E-state index contributed by atoms with van der Waals surface area (Å²) < 4.78 is 0.662. The maximum absolute atomic E-state index is 6.19. The fourth-order valence-corrected chi connectivity index (χ4v) is 3.89. The molecule has 0 saturated carbocycles. The molecule has 0 aliphatic heterocycles. The van der Waals surface area contributed by atoms with Crippen molar-refractivity contribution in [2.24, 2.45) is 0 Å². The molecule has 0 bridgehead atoms. The van der Waals surface area contributed by atoms with E-state index in [0.717, 1.165) is 21.3 Å². The number of pyridine rings is 1. The van der Waals surface area contributed by atoms with Gasteiger partial charge in [0.05, 0.1) is 19.8 Å². The van der Waals surface area contributed by atoms with Crippen LogP contribution in [0.15, 0.2) is 48.8 Å². The molecule has 0 spiro atoms. The van der Waals surface area contributed by atoms with Crippen LogP contribution in [0.1, 0.15) is 5.56 Å². The van der Waals surface area contributed by atoms with Crippen LogP contribution in [0.2, 0.25) is 14.4 Å². The summed E-state index contributed by atoms with van der Waals surface area (Å²) in [6.45, 7) is 0.545.